The molecule has 2 aromatic heterocycles. The van der Waals surface area contributed by atoms with Crippen LogP contribution in [0.5, 0.6) is 0 Å². The van der Waals surface area contributed by atoms with Crippen molar-refractivity contribution in [1.82, 2.24) is 14.8 Å². The Morgan fingerprint density at radius 3 is 2.64 bits per heavy atom. The van der Waals surface area contributed by atoms with Crippen molar-refractivity contribution < 1.29 is 23.1 Å². The molecular formula is C16H17F3N4O2. The Hall–Kier alpha value is -2.58. The number of anilines is 1. The molecular weight excluding hydrogens is 337 g/mol. The lowest BCUT2D eigenvalue weighted by Crippen LogP contribution is -2.27. The van der Waals surface area contributed by atoms with E-state index in [4.69, 9.17) is 5.11 Å². The largest absolute Gasteiger partial charge is 0.478 e. The maximum Gasteiger partial charge on any atom is 0.436 e. The molecule has 1 aliphatic rings. The Balaban J connectivity index is 1.79. The van der Waals surface area contributed by atoms with Crippen molar-refractivity contribution >= 4 is 11.8 Å². The van der Waals surface area contributed by atoms with Gasteiger partial charge in [-0.25, -0.2) is 9.78 Å². The molecule has 0 radical (unpaired) electrons. The third kappa shape index (κ3) is 3.59. The fraction of sp³-hybridized carbons (Fsp3) is 0.438. The predicted octanol–water partition coefficient (Wildman–Crippen LogP) is 3.03. The van der Waals surface area contributed by atoms with Crippen molar-refractivity contribution in [3.63, 3.8) is 0 Å². The zero-order valence-electron chi connectivity index (χ0n) is 13.5. The highest BCUT2D eigenvalue weighted by atomic mass is 19.4. The first-order chi connectivity index (χ1) is 11.8. The fourth-order valence-corrected chi connectivity index (χ4v) is 3.01. The van der Waals surface area contributed by atoms with E-state index in [1.807, 2.05) is 6.07 Å². The van der Waals surface area contributed by atoms with Crippen molar-refractivity contribution in [2.24, 2.45) is 0 Å². The number of pyridine rings is 1. The number of aromatic nitrogens is 3. The minimum atomic E-state index is -4.81. The molecule has 0 aromatic carbocycles. The summed E-state index contributed by atoms with van der Waals surface area (Å²) in [7, 11) is 0. The number of carbonyl (C=O) groups is 1. The number of hydrogen-bond donors (Lipinski definition) is 1. The zero-order valence-corrected chi connectivity index (χ0v) is 13.5. The van der Waals surface area contributed by atoms with Crippen LogP contribution in [0.4, 0.5) is 19.0 Å². The summed E-state index contributed by atoms with van der Waals surface area (Å²) in [6.45, 7) is 3.07. The number of halogens is 3. The molecule has 1 saturated heterocycles. The van der Waals surface area contributed by atoms with Gasteiger partial charge in [-0.05, 0) is 31.4 Å². The molecule has 0 aliphatic carbocycles. The van der Waals surface area contributed by atoms with Crippen molar-refractivity contribution in [2.45, 2.75) is 38.5 Å². The Bertz CT molecular complexity index is 771. The van der Waals surface area contributed by atoms with Crippen molar-refractivity contribution in [3.05, 3.63) is 41.3 Å². The van der Waals surface area contributed by atoms with E-state index in [2.05, 4.69) is 21.9 Å². The van der Waals surface area contributed by atoms with E-state index in [-0.39, 0.29) is 6.54 Å². The van der Waals surface area contributed by atoms with E-state index in [0.717, 1.165) is 36.1 Å². The molecule has 134 valence electrons. The highest BCUT2D eigenvalue weighted by Gasteiger charge is 2.39. The van der Waals surface area contributed by atoms with Crippen molar-refractivity contribution in [2.75, 3.05) is 11.4 Å². The number of hydrogen-bond acceptors (Lipinski definition) is 4. The van der Waals surface area contributed by atoms with Crippen molar-refractivity contribution in [3.8, 4) is 0 Å². The molecule has 0 spiro atoms. The summed E-state index contributed by atoms with van der Waals surface area (Å²) in [4.78, 5) is 17.5. The molecule has 0 unspecified atom stereocenters. The molecule has 3 rings (SSSR count). The SMILES string of the molecule is C[C@@H]1CCCN1c1ccc(Cn2cc(C(=O)O)c(C(F)(F)F)n2)cn1. The minimum absolute atomic E-state index is 0.0131. The maximum atomic E-state index is 12.9. The maximum absolute atomic E-state index is 12.9. The summed E-state index contributed by atoms with van der Waals surface area (Å²) in [5, 5.41) is 12.3. The fourth-order valence-electron chi connectivity index (χ4n) is 3.01. The van der Waals surface area contributed by atoms with Gasteiger partial charge in [-0.3, -0.25) is 4.68 Å². The number of aromatic carboxylic acids is 1. The van der Waals surface area contributed by atoms with Gasteiger partial charge in [-0.15, -0.1) is 0 Å². The van der Waals surface area contributed by atoms with Crippen molar-refractivity contribution in [1.29, 1.82) is 0 Å². The molecule has 1 atom stereocenters. The van der Waals surface area contributed by atoms with Gasteiger partial charge in [0, 0.05) is 25.0 Å². The number of rotatable bonds is 4. The van der Waals surface area contributed by atoms with Gasteiger partial charge in [-0.1, -0.05) is 6.07 Å². The quantitative estimate of drug-likeness (QED) is 0.914. The first-order valence-electron chi connectivity index (χ1n) is 7.85. The first-order valence-corrected chi connectivity index (χ1v) is 7.85. The number of carboxylic acid groups (broad SMARTS) is 1. The van der Waals surface area contributed by atoms with E-state index in [1.165, 1.54) is 0 Å². The normalized spacial score (nSPS) is 17.9. The van der Waals surface area contributed by atoms with E-state index in [9.17, 15) is 18.0 Å². The molecule has 1 aliphatic heterocycles. The molecule has 1 N–H and O–H groups in total. The van der Waals surface area contributed by atoms with Crippen LogP contribution in [0.15, 0.2) is 24.5 Å². The standard InChI is InChI=1S/C16H17F3N4O2/c1-10-3-2-6-23(10)13-5-4-11(7-20-13)8-22-9-12(15(24)25)14(21-22)16(17,18)19/h4-5,7,9-10H,2-3,6,8H2,1H3,(H,24,25)/t10-/m1/s1. The van der Waals surface area contributed by atoms with Crippen LogP contribution >= 0.6 is 0 Å². The Morgan fingerprint density at radius 2 is 2.16 bits per heavy atom. The van der Waals surface area contributed by atoms with Gasteiger partial charge in [0.25, 0.3) is 0 Å². The third-order valence-electron chi connectivity index (χ3n) is 4.26. The van der Waals surface area contributed by atoms with Gasteiger partial charge in [0.05, 0.1) is 6.54 Å². The highest BCUT2D eigenvalue weighted by Crippen LogP contribution is 2.31. The van der Waals surface area contributed by atoms with E-state index in [0.29, 0.717) is 11.6 Å². The van der Waals surface area contributed by atoms with Crippen LogP contribution in [0.1, 0.15) is 41.4 Å². The number of carboxylic acids is 1. The van der Waals surface area contributed by atoms with Gasteiger partial charge in [-0.2, -0.15) is 18.3 Å². The van der Waals surface area contributed by atoms with E-state index >= 15 is 0 Å². The molecule has 0 saturated carbocycles. The topological polar surface area (TPSA) is 71.2 Å². The van der Waals surface area contributed by atoms with Crippen LogP contribution in [0.3, 0.4) is 0 Å². The summed E-state index contributed by atoms with van der Waals surface area (Å²) in [6, 6.07) is 4.00. The molecule has 0 amide bonds. The second-order valence-corrected chi connectivity index (χ2v) is 6.10. The molecule has 9 heteroatoms. The monoisotopic (exact) mass is 354 g/mol. The van der Waals surface area contributed by atoms with Gasteiger partial charge in [0.2, 0.25) is 0 Å². The number of alkyl halides is 3. The van der Waals surface area contributed by atoms with Gasteiger partial charge < -0.3 is 10.0 Å². The molecule has 2 aromatic rings. The van der Waals surface area contributed by atoms with Crippen LogP contribution in [0, 0.1) is 0 Å². The third-order valence-corrected chi connectivity index (χ3v) is 4.26. The predicted molar refractivity (Wildman–Crippen MR) is 83.6 cm³/mol. The zero-order chi connectivity index (χ0) is 18.2. The Morgan fingerprint density at radius 1 is 1.40 bits per heavy atom. The van der Waals surface area contributed by atoms with Gasteiger partial charge in [0.15, 0.2) is 5.69 Å². The molecule has 3 heterocycles. The summed E-state index contributed by atoms with van der Waals surface area (Å²) in [6.07, 6.45) is -0.130. The molecule has 25 heavy (non-hydrogen) atoms. The highest BCUT2D eigenvalue weighted by molar-refractivity contribution is 5.88. The van der Waals surface area contributed by atoms with E-state index < -0.39 is 23.4 Å². The van der Waals surface area contributed by atoms with Gasteiger partial charge >= 0.3 is 12.1 Å². The molecule has 1 fully saturated rings. The lowest BCUT2D eigenvalue weighted by molar-refractivity contribution is -0.142. The second-order valence-electron chi connectivity index (χ2n) is 6.10. The van der Waals surface area contributed by atoms with Crippen LogP contribution in [0.25, 0.3) is 0 Å². The second kappa shape index (κ2) is 6.38. The van der Waals surface area contributed by atoms with Crippen LogP contribution in [-0.4, -0.2) is 38.4 Å². The van der Waals surface area contributed by atoms with E-state index in [1.54, 1.807) is 12.3 Å². The lowest BCUT2D eigenvalue weighted by atomic mass is 10.2. The minimum Gasteiger partial charge on any atom is -0.478 e. The van der Waals surface area contributed by atoms with Gasteiger partial charge in [0.1, 0.15) is 11.4 Å². The Labute approximate surface area is 141 Å². The first kappa shape index (κ1) is 17.2. The van der Waals surface area contributed by atoms with Crippen LogP contribution in [-0.2, 0) is 12.7 Å². The smallest absolute Gasteiger partial charge is 0.436 e. The van der Waals surface area contributed by atoms with Crippen LogP contribution < -0.4 is 4.90 Å². The number of nitrogens with zero attached hydrogens (tertiary/aromatic N) is 4. The summed E-state index contributed by atoms with van der Waals surface area (Å²) >= 11 is 0. The summed E-state index contributed by atoms with van der Waals surface area (Å²) in [5.74, 6) is -0.827. The molecule has 0 bridgehead atoms. The molecule has 6 nitrogen and oxygen atoms in total. The summed E-state index contributed by atoms with van der Waals surface area (Å²) < 4.78 is 39.6. The lowest BCUT2D eigenvalue weighted by Gasteiger charge is -2.22. The Kier molecular flexibility index (Phi) is 4.40. The average Bonchev–Trinajstić information content (AvgIpc) is 3.14. The van der Waals surface area contributed by atoms with Crippen LogP contribution in [0.2, 0.25) is 0 Å². The summed E-state index contributed by atoms with van der Waals surface area (Å²) in [5.41, 5.74) is -1.61. The average molecular weight is 354 g/mol.